The predicted octanol–water partition coefficient (Wildman–Crippen LogP) is 10.8. The van der Waals surface area contributed by atoms with Gasteiger partial charge in [0.1, 0.15) is 0 Å². The van der Waals surface area contributed by atoms with Gasteiger partial charge in [0.2, 0.25) is 0 Å². The van der Waals surface area contributed by atoms with Crippen LogP contribution in [0, 0.1) is 5.41 Å². The molecule has 3 heteroatoms. The number of allylic oxidation sites excluding steroid dienone is 6. The maximum atomic E-state index is 5.43. The molecule has 7 rings (SSSR count). The van der Waals surface area contributed by atoms with Gasteiger partial charge in [0.25, 0.3) is 0 Å². The first-order valence-corrected chi connectivity index (χ1v) is 23.3. The molecule has 0 saturated carbocycles. The molecular weight excluding hydrogens is 643 g/mol. The molecule has 4 aliphatic rings. The van der Waals surface area contributed by atoms with Crippen LogP contribution in [0.25, 0.3) is 23.3 Å². The molecule has 0 amide bonds. The molecule has 0 saturated heterocycles. The Hall–Kier alpha value is -2.05. The summed E-state index contributed by atoms with van der Waals surface area (Å²) in [4.78, 5) is 0. The number of benzene rings is 3. The van der Waals surface area contributed by atoms with Crippen molar-refractivity contribution in [2.75, 3.05) is 0 Å². The fraction of sp³-hybridized carbons (Fsp3) is 0.325. The Bertz CT molecular complexity index is 1870. The van der Waals surface area contributed by atoms with Crippen LogP contribution in [-0.4, -0.2) is 4.21 Å². The summed E-state index contributed by atoms with van der Waals surface area (Å²) in [6.07, 6.45) is 14.4. The van der Waals surface area contributed by atoms with Crippen molar-refractivity contribution < 1.29 is 18.3 Å². The van der Waals surface area contributed by atoms with Crippen molar-refractivity contribution in [2.24, 2.45) is 5.41 Å². The first-order chi connectivity index (χ1) is 19.1. The molecule has 0 fully saturated rings. The molecule has 0 aromatic heterocycles. The van der Waals surface area contributed by atoms with Crippen LogP contribution in [0.15, 0.2) is 85.0 Å². The van der Waals surface area contributed by atoms with Crippen LogP contribution in [-0.2, 0) is 35.5 Å². The molecule has 0 atom stereocenters. The molecule has 224 valence electrons. The van der Waals surface area contributed by atoms with E-state index in [0.29, 0.717) is 0 Å². The van der Waals surface area contributed by atoms with Crippen molar-refractivity contribution in [3.8, 4) is 11.1 Å². The van der Waals surface area contributed by atoms with Gasteiger partial charge in [-0.1, -0.05) is 0 Å². The Morgan fingerprint density at radius 2 is 1.40 bits per heavy atom. The van der Waals surface area contributed by atoms with Crippen LogP contribution in [0.4, 0.5) is 0 Å². The first kappa shape index (κ1) is 32.3. The van der Waals surface area contributed by atoms with Crippen LogP contribution >= 0.6 is 24.8 Å². The van der Waals surface area contributed by atoms with Gasteiger partial charge in [-0.3, -0.25) is 0 Å². The van der Waals surface area contributed by atoms with Gasteiger partial charge < -0.3 is 0 Å². The van der Waals surface area contributed by atoms with Crippen molar-refractivity contribution in [1.29, 1.82) is 0 Å². The van der Waals surface area contributed by atoms with Gasteiger partial charge in [-0.25, -0.2) is 0 Å². The van der Waals surface area contributed by atoms with Crippen LogP contribution in [0.3, 0.4) is 0 Å². The van der Waals surface area contributed by atoms with Gasteiger partial charge in [0.05, 0.1) is 0 Å². The van der Waals surface area contributed by atoms with E-state index < -0.39 is 18.3 Å². The summed E-state index contributed by atoms with van der Waals surface area (Å²) in [7, 11) is 0. The summed E-state index contributed by atoms with van der Waals surface area (Å²) in [5.41, 5.74) is 13.2. The van der Waals surface area contributed by atoms with E-state index in [2.05, 4.69) is 138 Å². The van der Waals surface area contributed by atoms with Gasteiger partial charge in [-0.05, 0) is 0 Å². The topological polar surface area (TPSA) is 0 Å². The second kappa shape index (κ2) is 9.98. The Morgan fingerprint density at radius 1 is 0.791 bits per heavy atom. The summed E-state index contributed by atoms with van der Waals surface area (Å²) in [5, 5.41) is 0. The Morgan fingerprint density at radius 3 is 2.00 bits per heavy atom. The van der Waals surface area contributed by atoms with Crippen LogP contribution < -0.4 is 3.27 Å². The third-order valence-electron chi connectivity index (χ3n) is 11.1. The van der Waals surface area contributed by atoms with E-state index in [1.807, 2.05) is 0 Å². The maximum absolute atomic E-state index is 5.43. The summed E-state index contributed by atoms with van der Waals surface area (Å²) >= 11 is -4.17. The number of fused-ring (bicyclic) bond motifs is 5. The van der Waals surface area contributed by atoms with Crippen molar-refractivity contribution >= 4 is 44.4 Å². The SMILES string of the molecule is Cl.Cl.[CH2]=[Zr]([CH3])([C]1=CC(C(C)(C)C)=CC1)([C]1=Cc2cc3c(cc2C1(C)C)Cc1cc2c(cc1-3)C=CC2(C)C)[c]1ccccc1. The van der Waals surface area contributed by atoms with E-state index in [1.165, 1.54) is 53.4 Å². The van der Waals surface area contributed by atoms with E-state index in [-0.39, 0.29) is 41.1 Å². The molecule has 43 heavy (non-hydrogen) atoms. The fourth-order valence-electron chi connectivity index (χ4n) is 8.51. The van der Waals surface area contributed by atoms with Gasteiger partial charge in [0.15, 0.2) is 0 Å². The van der Waals surface area contributed by atoms with E-state index in [1.54, 1.807) is 6.56 Å². The molecular formula is C40H46Cl2Zr. The quantitative estimate of drug-likeness (QED) is 0.201. The molecule has 0 bridgehead atoms. The number of rotatable bonds is 3. The summed E-state index contributed by atoms with van der Waals surface area (Å²) < 4.78 is 12.7. The summed E-state index contributed by atoms with van der Waals surface area (Å²) in [5.74, 6) is 0. The van der Waals surface area contributed by atoms with Gasteiger partial charge in [-0.2, -0.15) is 0 Å². The second-order valence-corrected chi connectivity index (χ2v) is 30.0. The minimum absolute atomic E-state index is 0. The van der Waals surface area contributed by atoms with Crippen LogP contribution in [0.2, 0.25) is 4.63 Å². The fourth-order valence-corrected chi connectivity index (χ4v) is 22.5. The summed E-state index contributed by atoms with van der Waals surface area (Å²) in [6, 6.07) is 21.4. The van der Waals surface area contributed by atoms with E-state index >= 15 is 0 Å². The third kappa shape index (κ3) is 4.51. The molecule has 0 N–H and O–H groups in total. The molecule has 3 aromatic rings. The molecule has 0 heterocycles. The first-order valence-electron chi connectivity index (χ1n) is 15.4. The molecule has 0 aliphatic heterocycles. The average Bonchev–Trinajstić information content (AvgIpc) is 3.67. The Labute approximate surface area is 272 Å². The van der Waals surface area contributed by atoms with Crippen LogP contribution in [0.5, 0.6) is 0 Å². The van der Waals surface area contributed by atoms with Gasteiger partial charge in [-0.15, -0.1) is 24.8 Å². The Kier molecular flexibility index (Phi) is 7.51. The zero-order valence-electron chi connectivity index (χ0n) is 27.0. The zero-order chi connectivity index (χ0) is 29.2. The van der Waals surface area contributed by atoms with Crippen molar-refractivity contribution in [2.45, 2.75) is 76.8 Å². The van der Waals surface area contributed by atoms with Gasteiger partial charge >= 0.3 is 250 Å². The zero-order valence-corrected chi connectivity index (χ0v) is 31.1. The average molecular weight is 689 g/mol. The van der Waals surface area contributed by atoms with Crippen molar-refractivity contribution in [3.05, 3.63) is 118 Å². The van der Waals surface area contributed by atoms with E-state index in [0.717, 1.165) is 12.8 Å². The predicted molar refractivity (Wildman–Crippen MR) is 192 cm³/mol. The number of halogens is 2. The van der Waals surface area contributed by atoms with Gasteiger partial charge in [0, 0.05) is 0 Å². The van der Waals surface area contributed by atoms with E-state index in [4.69, 9.17) is 4.21 Å². The number of hydrogen-bond donors (Lipinski definition) is 0. The molecule has 0 spiro atoms. The molecule has 4 aliphatic carbocycles. The summed E-state index contributed by atoms with van der Waals surface area (Å²) in [6.45, 7) is 16.6. The van der Waals surface area contributed by atoms with Crippen molar-refractivity contribution in [3.63, 3.8) is 0 Å². The molecule has 3 aromatic carbocycles. The Balaban J connectivity index is 0.00000184. The molecule has 0 unspecified atom stereocenters. The second-order valence-electron chi connectivity index (χ2n) is 15.8. The van der Waals surface area contributed by atoms with E-state index in [9.17, 15) is 0 Å². The molecule has 0 radical (unpaired) electrons. The monoisotopic (exact) mass is 686 g/mol. The molecule has 0 nitrogen and oxygen atoms in total. The van der Waals surface area contributed by atoms with Crippen molar-refractivity contribution in [1.82, 2.24) is 0 Å². The standard InChI is InChI=1S/C23H21.C9H13.C6H5.CH3.CH2.2ClH.Zr/c1-22(2)7-5-14-10-18-16(12-20(14)22)9-17-13-21-15(11-19(17)18)6-8-23(21,3)4;1-9(2,3)8-6-4-5-7-8;1-2-4-6-5-3-1;;;;;/h5-7,10-13H,9H2,1-4H3;6-7H,4H2,1-3H3;1-5H;1H3;1H2;2*1H;. The number of hydrogen-bond acceptors (Lipinski definition) is 0. The van der Waals surface area contributed by atoms with Crippen LogP contribution in [0.1, 0.15) is 88.3 Å². The normalized spacial score (nSPS) is 18.9. The third-order valence-corrected chi connectivity index (χ3v) is 26.4. The minimum atomic E-state index is -4.17.